The lowest BCUT2D eigenvalue weighted by Crippen LogP contribution is -2.18. The van der Waals surface area contributed by atoms with Gasteiger partial charge in [0.1, 0.15) is 5.82 Å². The molecule has 2 nitrogen and oxygen atoms in total. The van der Waals surface area contributed by atoms with E-state index in [1.807, 2.05) is 24.4 Å². The largest absolute Gasteiger partial charge is 0.573 e. The number of hydrogen-bond donors (Lipinski definition) is 0. The maximum Gasteiger partial charge on any atom is 0.573 e. The summed E-state index contributed by atoms with van der Waals surface area (Å²) in [5, 5.41) is 1.29. The first-order valence-corrected chi connectivity index (χ1v) is 12.4. The Morgan fingerprint density at radius 3 is 2.19 bits per heavy atom. The first-order chi connectivity index (χ1) is 17.7. The van der Waals surface area contributed by atoms with Crippen molar-refractivity contribution in [2.45, 2.75) is 58.2 Å². The topological polar surface area (TPSA) is 22.1 Å². The first-order valence-electron chi connectivity index (χ1n) is 12.4. The van der Waals surface area contributed by atoms with E-state index in [9.17, 15) is 17.6 Å². The standard InChI is InChI=1S/C30H28F5NO/c1-2-3-4-22-7-14-25(36-19-22)13-6-20-8-15-26-24(17-20)12-11-23(29(26)32)10-5-21-9-16-28(27(31)18-21)37-30(33,34)35/h7-9,11-12,14-19H,2-6,10,13H2,1H3. The number of benzene rings is 3. The van der Waals surface area contributed by atoms with Gasteiger partial charge in [0.15, 0.2) is 11.6 Å². The maximum atomic E-state index is 15.2. The maximum absolute atomic E-state index is 15.2. The smallest absolute Gasteiger partial charge is 0.403 e. The summed E-state index contributed by atoms with van der Waals surface area (Å²) in [7, 11) is 0. The lowest BCUT2D eigenvalue weighted by atomic mass is 9.97. The molecule has 0 saturated carbocycles. The molecule has 3 aromatic carbocycles. The summed E-state index contributed by atoms with van der Waals surface area (Å²) in [6.45, 7) is 2.17. The molecule has 0 atom stereocenters. The van der Waals surface area contributed by atoms with E-state index < -0.39 is 17.9 Å². The average molecular weight is 514 g/mol. The van der Waals surface area contributed by atoms with E-state index in [2.05, 4.69) is 28.8 Å². The molecule has 0 amide bonds. The highest BCUT2D eigenvalue weighted by molar-refractivity contribution is 5.84. The van der Waals surface area contributed by atoms with Crippen LogP contribution >= 0.6 is 0 Å². The molecule has 4 rings (SSSR count). The van der Waals surface area contributed by atoms with Crippen LogP contribution < -0.4 is 4.74 Å². The summed E-state index contributed by atoms with van der Waals surface area (Å²) in [6.07, 6.45) is 2.48. The fraction of sp³-hybridized carbons (Fsp3) is 0.300. The van der Waals surface area contributed by atoms with Gasteiger partial charge in [-0.15, -0.1) is 13.2 Å². The van der Waals surface area contributed by atoms with Crippen molar-refractivity contribution in [1.82, 2.24) is 4.98 Å². The Kier molecular flexibility index (Phi) is 8.41. The number of hydrogen-bond acceptors (Lipinski definition) is 2. The second-order valence-corrected chi connectivity index (χ2v) is 9.17. The van der Waals surface area contributed by atoms with E-state index in [4.69, 9.17) is 0 Å². The van der Waals surface area contributed by atoms with Gasteiger partial charge in [-0.3, -0.25) is 4.98 Å². The molecule has 0 N–H and O–H groups in total. The van der Waals surface area contributed by atoms with Crippen molar-refractivity contribution in [2.75, 3.05) is 0 Å². The van der Waals surface area contributed by atoms with Crippen molar-refractivity contribution in [3.8, 4) is 5.75 Å². The second-order valence-electron chi connectivity index (χ2n) is 9.17. The van der Waals surface area contributed by atoms with Crippen molar-refractivity contribution < 1.29 is 26.7 Å². The predicted molar refractivity (Wildman–Crippen MR) is 135 cm³/mol. The zero-order valence-corrected chi connectivity index (χ0v) is 20.5. The van der Waals surface area contributed by atoms with Crippen LogP contribution in [0.4, 0.5) is 22.0 Å². The van der Waals surface area contributed by atoms with Crippen molar-refractivity contribution in [3.05, 3.63) is 106 Å². The third-order valence-electron chi connectivity index (χ3n) is 6.38. The van der Waals surface area contributed by atoms with Gasteiger partial charge in [0, 0.05) is 17.3 Å². The van der Waals surface area contributed by atoms with E-state index >= 15 is 4.39 Å². The molecule has 0 saturated heterocycles. The van der Waals surface area contributed by atoms with Crippen LogP contribution in [0.2, 0.25) is 0 Å². The molecule has 1 heterocycles. The van der Waals surface area contributed by atoms with Gasteiger partial charge >= 0.3 is 6.36 Å². The summed E-state index contributed by atoms with van der Waals surface area (Å²) >= 11 is 0. The quantitative estimate of drug-likeness (QED) is 0.199. The predicted octanol–water partition coefficient (Wildman–Crippen LogP) is 8.32. The zero-order chi connectivity index (χ0) is 26.4. The SMILES string of the molecule is CCCCc1ccc(CCc2ccc3c(F)c(CCc4ccc(OC(F)(F)F)c(F)c4)ccc3c2)nc1. The number of ether oxygens (including phenoxy) is 1. The van der Waals surface area contributed by atoms with Crippen molar-refractivity contribution >= 4 is 10.8 Å². The lowest BCUT2D eigenvalue weighted by Gasteiger charge is -2.11. The molecule has 37 heavy (non-hydrogen) atoms. The van der Waals surface area contributed by atoms with Gasteiger partial charge in [0.25, 0.3) is 0 Å². The zero-order valence-electron chi connectivity index (χ0n) is 20.5. The second kappa shape index (κ2) is 11.7. The molecule has 0 unspecified atom stereocenters. The summed E-state index contributed by atoms with van der Waals surface area (Å²) < 4.78 is 69.8. The van der Waals surface area contributed by atoms with Crippen molar-refractivity contribution in [2.24, 2.45) is 0 Å². The first kappa shape index (κ1) is 26.6. The van der Waals surface area contributed by atoms with Gasteiger partial charge in [-0.05, 0) is 84.4 Å². The minimum Gasteiger partial charge on any atom is -0.403 e. The molecule has 0 fully saturated rings. The van der Waals surface area contributed by atoms with Gasteiger partial charge in [-0.1, -0.05) is 55.8 Å². The molecule has 0 aliphatic rings. The third kappa shape index (κ3) is 7.28. The number of aryl methyl sites for hydroxylation is 5. The number of fused-ring (bicyclic) bond motifs is 1. The molecule has 0 spiro atoms. The van der Waals surface area contributed by atoms with E-state index in [-0.39, 0.29) is 18.7 Å². The van der Waals surface area contributed by atoms with Gasteiger partial charge in [0.05, 0.1) is 0 Å². The van der Waals surface area contributed by atoms with Crippen LogP contribution in [0, 0.1) is 11.6 Å². The van der Waals surface area contributed by atoms with E-state index in [1.165, 1.54) is 11.6 Å². The average Bonchev–Trinajstić information content (AvgIpc) is 2.87. The number of nitrogens with zero attached hydrogens (tertiary/aromatic N) is 1. The number of aromatic nitrogens is 1. The van der Waals surface area contributed by atoms with E-state index in [1.54, 1.807) is 12.1 Å². The molecule has 0 aliphatic heterocycles. The highest BCUT2D eigenvalue weighted by Crippen LogP contribution is 2.28. The minimum atomic E-state index is -4.97. The fourth-order valence-corrected chi connectivity index (χ4v) is 4.33. The Bertz CT molecular complexity index is 1350. The molecule has 0 radical (unpaired) electrons. The normalized spacial score (nSPS) is 11.7. The molecule has 4 aromatic rings. The summed E-state index contributed by atoms with van der Waals surface area (Å²) in [5.74, 6) is -2.33. The Labute approximate surface area is 213 Å². The molecule has 0 aliphatic carbocycles. The molecule has 194 valence electrons. The fourth-order valence-electron chi connectivity index (χ4n) is 4.33. The van der Waals surface area contributed by atoms with Gasteiger partial charge in [-0.25, -0.2) is 8.78 Å². The number of halogens is 5. The summed E-state index contributed by atoms with van der Waals surface area (Å²) in [4.78, 5) is 4.57. The third-order valence-corrected chi connectivity index (χ3v) is 6.38. The number of alkyl halides is 3. The van der Waals surface area contributed by atoms with Crippen LogP contribution in [-0.2, 0) is 32.1 Å². The van der Waals surface area contributed by atoms with E-state index in [0.717, 1.165) is 60.9 Å². The highest BCUT2D eigenvalue weighted by atomic mass is 19.4. The Hall–Kier alpha value is -3.48. The highest BCUT2D eigenvalue weighted by Gasteiger charge is 2.32. The van der Waals surface area contributed by atoms with Crippen LogP contribution in [0.25, 0.3) is 10.8 Å². The number of rotatable bonds is 10. The molecule has 7 heteroatoms. The van der Waals surface area contributed by atoms with Crippen LogP contribution in [-0.4, -0.2) is 11.3 Å². The van der Waals surface area contributed by atoms with Gasteiger partial charge in [0.2, 0.25) is 0 Å². The molecule has 1 aromatic heterocycles. The van der Waals surface area contributed by atoms with E-state index in [0.29, 0.717) is 16.5 Å². The van der Waals surface area contributed by atoms with Crippen molar-refractivity contribution in [1.29, 1.82) is 0 Å². The van der Waals surface area contributed by atoms with Crippen LogP contribution in [0.5, 0.6) is 5.75 Å². The minimum absolute atomic E-state index is 0.272. The molecular weight excluding hydrogens is 485 g/mol. The number of unbranched alkanes of at least 4 members (excludes halogenated alkanes) is 1. The monoisotopic (exact) mass is 513 g/mol. The molecular formula is C30H28F5NO. The number of pyridine rings is 1. The lowest BCUT2D eigenvalue weighted by molar-refractivity contribution is -0.275. The van der Waals surface area contributed by atoms with Crippen LogP contribution in [0.15, 0.2) is 66.9 Å². The van der Waals surface area contributed by atoms with Crippen LogP contribution in [0.1, 0.15) is 47.7 Å². The Balaban J connectivity index is 1.39. The van der Waals surface area contributed by atoms with Gasteiger partial charge < -0.3 is 4.74 Å². The van der Waals surface area contributed by atoms with Crippen molar-refractivity contribution in [3.63, 3.8) is 0 Å². The summed E-state index contributed by atoms with van der Waals surface area (Å²) in [6, 6.07) is 16.7. The van der Waals surface area contributed by atoms with Crippen LogP contribution in [0.3, 0.4) is 0 Å². The Morgan fingerprint density at radius 2 is 1.49 bits per heavy atom. The Morgan fingerprint density at radius 1 is 0.757 bits per heavy atom. The van der Waals surface area contributed by atoms with Gasteiger partial charge in [-0.2, -0.15) is 0 Å². The molecule has 0 bridgehead atoms. The summed E-state index contributed by atoms with van der Waals surface area (Å²) in [5.41, 5.74) is 4.28.